The van der Waals surface area contributed by atoms with Crippen LogP contribution >= 0.6 is 0 Å². The van der Waals surface area contributed by atoms with Crippen molar-refractivity contribution in [2.75, 3.05) is 41.7 Å². The lowest BCUT2D eigenvalue weighted by Gasteiger charge is -2.32. The molecule has 2 saturated heterocycles. The van der Waals surface area contributed by atoms with E-state index >= 15 is 0 Å². The molecule has 1 unspecified atom stereocenters. The summed E-state index contributed by atoms with van der Waals surface area (Å²) < 4.78 is 0. The van der Waals surface area contributed by atoms with Crippen molar-refractivity contribution in [3.63, 3.8) is 0 Å². The molecule has 0 amide bonds. The highest BCUT2D eigenvalue weighted by molar-refractivity contribution is 5.68. The lowest BCUT2D eigenvalue weighted by molar-refractivity contribution is 0.574. The summed E-state index contributed by atoms with van der Waals surface area (Å²) in [5, 5.41) is 0. The average Bonchev–Trinajstić information content (AvgIpc) is 2.91. The highest BCUT2D eigenvalue weighted by atomic mass is 15.1. The van der Waals surface area contributed by atoms with Crippen LogP contribution in [0.4, 0.5) is 17.1 Å². The third-order valence-corrected chi connectivity index (χ3v) is 6.96. The molecule has 0 spiro atoms. The van der Waals surface area contributed by atoms with Gasteiger partial charge in [-0.15, -0.1) is 0 Å². The third kappa shape index (κ3) is 6.51. The van der Waals surface area contributed by atoms with E-state index in [1.807, 2.05) is 12.1 Å². The maximum atomic E-state index is 6.42. The summed E-state index contributed by atoms with van der Waals surface area (Å²) in [4.78, 5) is 13.5. The molecule has 0 saturated carbocycles. The van der Waals surface area contributed by atoms with E-state index < -0.39 is 0 Å². The second kappa shape index (κ2) is 12.0. The van der Waals surface area contributed by atoms with Crippen LogP contribution in [0, 0.1) is 13.8 Å². The van der Waals surface area contributed by atoms with Gasteiger partial charge in [0.2, 0.25) is 0 Å². The van der Waals surface area contributed by atoms with Crippen molar-refractivity contribution in [1.82, 2.24) is 9.97 Å². The first kappa shape index (κ1) is 25.0. The van der Waals surface area contributed by atoms with Crippen molar-refractivity contribution in [2.24, 2.45) is 5.73 Å². The molecule has 3 heterocycles. The Balaban J connectivity index is 0.000000179. The number of aryl methyl sites for hydroxylation is 2. The number of hydrogen-bond donors (Lipinski definition) is 2. The zero-order chi connectivity index (χ0) is 24.6. The molecule has 2 aliphatic rings. The lowest BCUT2D eigenvalue weighted by atomic mass is 9.99. The van der Waals surface area contributed by atoms with Gasteiger partial charge < -0.3 is 21.3 Å². The normalized spacial score (nSPS) is 16.9. The summed E-state index contributed by atoms with van der Waals surface area (Å²) in [6, 6.07) is 14.3. The molecule has 186 valence electrons. The molecule has 6 heteroatoms. The van der Waals surface area contributed by atoms with Gasteiger partial charge in [0.25, 0.3) is 0 Å². The fourth-order valence-corrected chi connectivity index (χ4v) is 5.00. The lowest BCUT2D eigenvalue weighted by Crippen LogP contribution is -2.31. The average molecular weight is 473 g/mol. The van der Waals surface area contributed by atoms with Gasteiger partial charge in [0.15, 0.2) is 0 Å². The highest BCUT2D eigenvalue weighted by Gasteiger charge is 2.20. The zero-order valence-electron chi connectivity index (χ0n) is 21.3. The van der Waals surface area contributed by atoms with Gasteiger partial charge in [-0.1, -0.05) is 18.2 Å². The van der Waals surface area contributed by atoms with Crippen LogP contribution in [0.25, 0.3) is 0 Å². The maximum Gasteiger partial charge on any atom is 0.149 e. The first-order valence-electron chi connectivity index (χ1n) is 13.0. The summed E-state index contributed by atoms with van der Waals surface area (Å²) in [7, 11) is 0. The number of aromatic nitrogens is 2. The van der Waals surface area contributed by atoms with Crippen LogP contribution in [0.1, 0.15) is 67.1 Å². The Morgan fingerprint density at radius 3 is 1.83 bits per heavy atom. The van der Waals surface area contributed by atoms with Gasteiger partial charge in [0, 0.05) is 44.3 Å². The van der Waals surface area contributed by atoms with Gasteiger partial charge in [-0.2, -0.15) is 0 Å². The molecular weight excluding hydrogens is 432 g/mol. The maximum absolute atomic E-state index is 6.42. The summed E-state index contributed by atoms with van der Waals surface area (Å²) in [5.41, 5.74) is 19.5. The van der Waals surface area contributed by atoms with Crippen molar-refractivity contribution >= 4 is 17.1 Å². The quantitative estimate of drug-likeness (QED) is 0.495. The Hall–Kier alpha value is -3.12. The molecule has 1 atom stereocenters. The SMILES string of the molecule is Cc1ccc(C(N)c2ncccn2)c(N2CCCCC2)c1.Cc1ccc(N)c(N2CCCCC2)c1. The molecule has 4 N–H and O–H groups in total. The molecule has 1 aromatic heterocycles. The Morgan fingerprint density at radius 2 is 1.23 bits per heavy atom. The van der Waals surface area contributed by atoms with E-state index in [-0.39, 0.29) is 6.04 Å². The molecule has 35 heavy (non-hydrogen) atoms. The minimum Gasteiger partial charge on any atom is -0.397 e. The van der Waals surface area contributed by atoms with Gasteiger partial charge in [-0.25, -0.2) is 9.97 Å². The minimum absolute atomic E-state index is 0.274. The Bertz CT molecular complexity index is 1070. The molecule has 2 aromatic carbocycles. The molecule has 2 fully saturated rings. The van der Waals surface area contributed by atoms with Gasteiger partial charge in [0.05, 0.1) is 17.4 Å². The fraction of sp³-hybridized carbons (Fsp3) is 0.448. The number of nitrogens with zero attached hydrogens (tertiary/aromatic N) is 4. The van der Waals surface area contributed by atoms with Crippen LogP contribution in [-0.4, -0.2) is 36.1 Å². The predicted molar refractivity (Wildman–Crippen MR) is 147 cm³/mol. The van der Waals surface area contributed by atoms with Gasteiger partial charge in [0.1, 0.15) is 5.82 Å². The number of anilines is 3. The molecular formula is C29H40N6. The van der Waals surface area contributed by atoms with E-state index in [0.717, 1.165) is 37.4 Å². The van der Waals surface area contributed by atoms with Crippen LogP contribution in [0.5, 0.6) is 0 Å². The summed E-state index contributed by atoms with van der Waals surface area (Å²) in [6.45, 7) is 8.79. The Morgan fingerprint density at radius 1 is 0.714 bits per heavy atom. The molecule has 0 radical (unpaired) electrons. The molecule has 3 aromatic rings. The monoisotopic (exact) mass is 472 g/mol. The number of hydrogen-bond acceptors (Lipinski definition) is 6. The summed E-state index contributed by atoms with van der Waals surface area (Å²) in [5.74, 6) is 0.680. The molecule has 6 nitrogen and oxygen atoms in total. The largest absolute Gasteiger partial charge is 0.397 e. The Kier molecular flexibility index (Phi) is 8.59. The number of benzene rings is 2. The van der Waals surface area contributed by atoms with Crippen LogP contribution < -0.4 is 21.3 Å². The summed E-state index contributed by atoms with van der Waals surface area (Å²) in [6.07, 6.45) is 11.3. The third-order valence-electron chi connectivity index (χ3n) is 6.96. The van der Waals surface area contributed by atoms with Gasteiger partial charge in [-0.05, 0) is 93.3 Å². The fourth-order valence-electron chi connectivity index (χ4n) is 5.00. The van der Waals surface area contributed by atoms with E-state index in [4.69, 9.17) is 11.5 Å². The van der Waals surface area contributed by atoms with E-state index in [0.29, 0.717) is 5.82 Å². The molecule has 0 bridgehead atoms. The van der Waals surface area contributed by atoms with Crippen molar-refractivity contribution in [1.29, 1.82) is 0 Å². The first-order valence-corrected chi connectivity index (χ1v) is 13.0. The van der Waals surface area contributed by atoms with Gasteiger partial charge >= 0.3 is 0 Å². The molecule has 5 rings (SSSR count). The number of nitrogens with two attached hydrogens (primary N) is 2. The second-order valence-electron chi connectivity index (χ2n) is 9.80. The first-order chi connectivity index (χ1) is 17.0. The van der Waals surface area contributed by atoms with E-state index in [9.17, 15) is 0 Å². The number of piperidine rings is 2. The predicted octanol–water partition coefficient (Wildman–Crippen LogP) is 5.39. The zero-order valence-corrected chi connectivity index (χ0v) is 21.3. The summed E-state index contributed by atoms with van der Waals surface area (Å²) >= 11 is 0. The van der Waals surface area contributed by atoms with E-state index in [2.05, 4.69) is 63.9 Å². The van der Waals surface area contributed by atoms with Crippen LogP contribution in [0.15, 0.2) is 54.9 Å². The van der Waals surface area contributed by atoms with Crippen LogP contribution in [0.2, 0.25) is 0 Å². The van der Waals surface area contributed by atoms with Crippen molar-refractivity contribution in [3.05, 3.63) is 77.4 Å². The number of rotatable bonds is 4. The van der Waals surface area contributed by atoms with Crippen molar-refractivity contribution in [3.8, 4) is 0 Å². The van der Waals surface area contributed by atoms with Crippen molar-refractivity contribution in [2.45, 2.75) is 58.4 Å². The topological polar surface area (TPSA) is 84.3 Å². The number of nitrogen functional groups attached to an aromatic ring is 1. The molecule has 0 aliphatic carbocycles. The Labute approximate surface area is 210 Å². The standard InChI is InChI=1S/C17H22N4.C12H18N2/c1-13-6-7-14(16(18)17-19-8-5-9-20-17)15(12-13)21-10-3-2-4-11-21;1-10-5-6-11(13)12(9-10)14-7-3-2-4-8-14/h5-9,12,16H,2-4,10-11,18H2,1H3;5-6,9H,2-4,7-8,13H2,1H3. The minimum atomic E-state index is -0.274. The van der Waals surface area contributed by atoms with E-state index in [1.165, 1.54) is 61.0 Å². The van der Waals surface area contributed by atoms with Crippen molar-refractivity contribution < 1.29 is 0 Å². The molecule has 2 aliphatic heterocycles. The van der Waals surface area contributed by atoms with Gasteiger partial charge in [-0.3, -0.25) is 0 Å². The van der Waals surface area contributed by atoms with E-state index in [1.54, 1.807) is 12.4 Å². The smallest absolute Gasteiger partial charge is 0.149 e. The van der Waals surface area contributed by atoms with Crippen LogP contribution in [0.3, 0.4) is 0 Å². The second-order valence-corrected chi connectivity index (χ2v) is 9.80. The van der Waals surface area contributed by atoms with Crippen LogP contribution in [-0.2, 0) is 0 Å². The highest BCUT2D eigenvalue weighted by Crippen LogP contribution is 2.31.